The van der Waals surface area contributed by atoms with Crippen LogP contribution in [0.1, 0.15) is 29.9 Å². The first-order chi connectivity index (χ1) is 18.8. The van der Waals surface area contributed by atoms with E-state index < -0.39 is 29.2 Å². The molecule has 4 aromatic heterocycles. The summed E-state index contributed by atoms with van der Waals surface area (Å²) >= 11 is 0. The average Bonchev–Trinajstić information content (AvgIpc) is 3.64. The average molecular weight is 570 g/mol. The van der Waals surface area contributed by atoms with Gasteiger partial charge in [0.1, 0.15) is 11.6 Å². The number of aliphatic hydroxyl groups excluding tert-OH is 1. The molecule has 0 unspecified atom stereocenters. The Bertz CT molecular complexity index is 1680. The van der Waals surface area contributed by atoms with E-state index in [2.05, 4.69) is 30.6 Å². The normalized spacial score (nSPS) is 14.4. The lowest BCUT2D eigenvalue weighted by atomic mass is 10.1. The van der Waals surface area contributed by atoms with Crippen LogP contribution < -0.4 is 5.32 Å². The van der Waals surface area contributed by atoms with Gasteiger partial charge in [0.25, 0.3) is 0 Å². The number of anilines is 2. The summed E-state index contributed by atoms with van der Waals surface area (Å²) in [6, 6.07) is 7.96. The summed E-state index contributed by atoms with van der Waals surface area (Å²) in [6.07, 6.45) is 5.19. The zero-order valence-electron chi connectivity index (χ0n) is 21.6. The fourth-order valence-electron chi connectivity index (χ4n) is 4.90. The van der Waals surface area contributed by atoms with Crippen LogP contribution in [0.25, 0.3) is 22.8 Å². The number of rotatable bonds is 7. The molecule has 10 nitrogen and oxygen atoms in total. The largest absolute Gasteiger partial charge is 0.394 e. The van der Waals surface area contributed by atoms with E-state index in [9.17, 15) is 9.50 Å². The molecule has 0 bridgehead atoms. The minimum Gasteiger partial charge on any atom is -0.394 e. The van der Waals surface area contributed by atoms with Crippen molar-refractivity contribution < 1.29 is 18.3 Å². The van der Waals surface area contributed by atoms with Crippen LogP contribution in [-0.2, 0) is 19.0 Å². The smallest absolute Gasteiger partial charge is 0.334 e. The van der Waals surface area contributed by atoms with E-state index in [1.807, 2.05) is 23.8 Å². The number of alkyl halides is 2. The van der Waals surface area contributed by atoms with Crippen LogP contribution in [0.3, 0.4) is 0 Å². The van der Waals surface area contributed by atoms with E-state index in [1.54, 1.807) is 30.1 Å². The van der Waals surface area contributed by atoms with Gasteiger partial charge in [0, 0.05) is 30.6 Å². The number of halogens is 3. The molecule has 1 atom stereocenters. The maximum absolute atomic E-state index is 15.5. The molecule has 1 aromatic carbocycles. The zero-order valence-corrected chi connectivity index (χ0v) is 22.6. The van der Waals surface area contributed by atoms with E-state index in [0.29, 0.717) is 36.2 Å². The van der Waals surface area contributed by atoms with E-state index in [4.69, 9.17) is 0 Å². The molecule has 5 heterocycles. The topological polar surface area (TPSA) is 112 Å². The van der Waals surface area contributed by atoms with Gasteiger partial charge in [-0.2, -0.15) is 27.4 Å². The Morgan fingerprint density at radius 3 is 2.75 bits per heavy atom. The maximum atomic E-state index is 15.5. The van der Waals surface area contributed by atoms with Crippen molar-refractivity contribution in [3.05, 3.63) is 77.8 Å². The highest BCUT2D eigenvalue weighted by atomic mass is 32.1. The lowest BCUT2D eigenvalue weighted by molar-refractivity contribution is 0.0231. The van der Waals surface area contributed by atoms with Gasteiger partial charge in [0.15, 0.2) is 5.82 Å². The van der Waals surface area contributed by atoms with Crippen molar-refractivity contribution in [3.63, 3.8) is 0 Å². The molecule has 40 heavy (non-hydrogen) atoms. The highest BCUT2D eigenvalue weighted by Crippen LogP contribution is 2.42. The fourth-order valence-corrected chi connectivity index (χ4v) is 4.90. The predicted octanol–water partition coefficient (Wildman–Crippen LogP) is 4.41. The van der Waals surface area contributed by atoms with Crippen molar-refractivity contribution in [2.75, 3.05) is 11.9 Å². The van der Waals surface area contributed by atoms with E-state index >= 15 is 8.78 Å². The summed E-state index contributed by atoms with van der Waals surface area (Å²) in [7, 11) is 0. The van der Waals surface area contributed by atoms with Gasteiger partial charge in [-0.1, -0.05) is 12.1 Å². The molecule has 0 saturated carbocycles. The van der Waals surface area contributed by atoms with Gasteiger partial charge in [-0.25, -0.2) is 19.0 Å². The number of hydrogen-bond donors (Lipinski definition) is 2. The SMILES string of the molecule is Cc1cnc(Nc2ccnn2CCO)nc1-c1cc2n(c1)C[C@H](C)n1c-2nnc1C(F)(F)c1ccccc1F.S. The van der Waals surface area contributed by atoms with Gasteiger partial charge in [-0.3, -0.25) is 4.57 Å². The second kappa shape index (κ2) is 10.4. The van der Waals surface area contributed by atoms with Crippen LogP contribution in [0.15, 0.2) is 55.0 Å². The number of fused-ring (bicyclic) bond motifs is 3. The first-order valence-corrected chi connectivity index (χ1v) is 12.3. The molecule has 5 aromatic rings. The summed E-state index contributed by atoms with van der Waals surface area (Å²) in [5.74, 6) is -4.05. The highest BCUT2D eigenvalue weighted by Gasteiger charge is 2.44. The van der Waals surface area contributed by atoms with E-state index in [1.165, 1.54) is 16.7 Å². The van der Waals surface area contributed by atoms with Crippen LogP contribution >= 0.6 is 13.5 Å². The third-order valence-corrected chi connectivity index (χ3v) is 6.73. The van der Waals surface area contributed by atoms with E-state index in [0.717, 1.165) is 23.3 Å². The Hall–Kier alpha value is -4.17. The van der Waals surface area contributed by atoms with Crippen molar-refractivity contribution >= 4 is 25.3 Å². The van der Waals surface area contributed by atoms with Crippen molar-refractivity contribution in [2.45, 2.75) is 38.9 Å². The minimum atomic E-state index is -3.67. The second-order valence-electron chi connectivity index (χ2n) is 9.40. The Balaban J connectivity index is 0.00000323. The molecule has 0 spiro atoms. The number of aromatic nitrogens is 8. The summed E-state index contributed by atoms with van der Waals surface area (Å²) in [6.45, 7) is 4.31. The van der Waals surface area contributed by atoms with Crippen molar-refractivity contribution in [2.24, 2.45) is 0 Å². The first-order valence-electron chi connectivity index (χ1n) is 12.3. The van der Waals surface area contributed by atoms with Crippen LogP contribution in [0.4, 0.5) is 24.9 Å². The Morgan fingerprint density at radius 2 is 1.98 bits per heavy atom. The molecule has 14 heteroatoms. The standard InChI is InChI=1S/C26H24F3N9O.H2S/c1-15-12-30-25(32-21-7-8-31-37(21)9-10-39)33-22(15)17-11-20-23-34-35-24(38(23)16(2)13-36(20)14-17)26(28,29)18-5-3-4-6-19(18)27;/h3-8,11-12,14,16,39H,9-10,13H2,1-2H3,(H,30,32,33);1H2/t16-;/m0./s1. The summed E-state index contributed by atoms with van der Waals surface area (Å²) in [5, 5.41) is 24.5. The van der Waals surface area contributed by atoms with Gasteiger partial charge in [-0.15, -0.1) is 10.2 Å². The quantitative estimate of drug-likeness (QED) is 0.299. The third-order valence-electron chi connectivity index (χ3n) is 6.73. The second-order valence-corrected chi connectivity index (χ2v) is 9.40. The number of nitrogens with one attached hydrogen (secondary N) is 1. The van der Waals surface area contributed by atoms with Crippen molar-refractivity contribution in [1.29, 1.82) is 0 Å². The number of hydrogen-bond acceptors (Lipinski definition) is 7. The molecule has 208 valence electrons. The molecule has 0 radical (unpaired) electrons. The van der Waals surface area contributed by atoms with Gasteiger partial charge in [0.05, 0.1) is 42.3 Å². The van der Waals surface area contributed by atoms with Crippen LogP contribution in [0, 0.1) is 12.7 Å². The summed E-state index contributed by atoms with van der Waals surface area (Å²) < 4.78 is 50.2. The van der Waals surface area contributed by atoms with Gasteiger partial charge >= 0.3 is 5.92 Å². The molecule has 0 aliphatic carbocycles. The molecule has 1 aliphatic rings. The van der Waals surface area contributed by atoms with Crippen molar-refractivity contribution in [3.8, 4) is 22.8 Å². The number of aliphatic hydroxyl groups is 1. The molecule has 0 amide bonds. The highest BCUT2D eigenvalue weighted by molar-refractivity contribution is 7.59. The summed E-state index contributed by atoms with van der Waals surface area (Å²) in [4.78, 5) is 9.05. The fraction of sp³-hybridized carbons (Fsp3) is 0.269. The van der Waals surface area contributed by atoms with Crippen molar-refractivity contribution in [1.82, 2.24) is 39.1 Å². The molecule has 1 aliphatic heterocycles. The Labute approximate surface area is 234 Å². The zero-order chi connectivity index (χ0) is 27.3. The van der Waals surface area contributed by atoms with Gasteiger partial charge in [0.2, 0.25) is 11.8 Å². The van der Waals surface area contributed by atoms with E-state index in [-0.39, 0.29) is 25.9 Å². The Morgan fingerprint density at radius 1 is 1.18 bits per heavy atom. The number of nitrogens with zero attached hydrogens (tertiary/aromatic N) is 8. The van der Waals surface area contributed by atoms with Crippen LogP contribution in [0.5, 0.6) is 0 Å². The van der Waals surface area contributed by atoms with Gasteiger partial charge in [-0.05, 0) is 37.6 Å². The maximum Gasteiger partial charge on any atom is 0.334 e. The van der Waals surface area contributed by atoms with Crippen LogP contribution in [-0.4, -0.2) is 50.8 Å². The first kappa shape index (κ1) is 27.4. The summed E-state index contributed by atoms with van der Waals surface area (Å²) in [5.41, 5.74) is 2.07. The monoisotopic (exact) mass is 569 g/mol. The predicted molar refractivity (Wildman–Crippen MR) is 146 cm³/mol. The molecule has 0 saturated heterocycles. The molecular weight excluding hydrogens is 543 g/mol. The third kappa shape index (κ3) is 4.52. The van der Waals surface area contributed by atoms with Gasteiger partial charge < -0.3 is 15.0 Å². The number of benzene rings is 1. The molecule has 2 N–H and O–H groups in total. The van der Waals surface area contributed by atoms with Crippen LogP contribution in [0.2, 0.25) is 0 Å². The minimum absolute atomic E-state index is 0. The molecule has 0 fully saturated rings. The number of aryl methyl sites for hydroxylation is 1. The Kier molecular flexibility index (Phi) is 7.14. The lowest BCUT2D eigenvalue weighted by Crippen LogP contribution is -2.28. The lowest BCUT2D eigenvalue weighted by Gasteiger charge is -2.27. The molecular formula is C26H26F3N9OS. The molecule has 6 rings (SSSR count).